The van der Waals surface area contributed by atoms with E-state index >= 15 is 0 Å². The van der Waals surface area contributed by atoms with Crippen molar-refractivity contribution >= 4 is 17.9 Å². The lowest BCUT2D eigenvalue weighted by atomic mass is 10.1. The molecule has 0 aromatic rings. The zero-order valence-electron chi connectivity index (χ0n) is 48.7. The zero-order valence-corrected chi connectivity index (χ0v) is 48.7. The van der Waals surface area contributed by atoms with Crippen LogP contribution in [-0.4, -0.2) is 37.2 Å². The minimum absolute atomic E-state index is 0.0810. The fraction of sp³-hybridized carbons (Fsp3) is 0.806. The summed E-state index contributed by atoms with van der Waals surface area (Å²) in [4.78, 5) is 38.3. The Kier molecular flexibility index (Phi) is 59.2. The van der Waals surface area contributed by atoms with Gasteiger partial charge in [-0.25, -0.2) is 0 Å². The van der Waals surface area contributed by atoms with Crippen molar-refractivity contribution in [2.75, 3.05) is 13.2 Å². The lowest BCUT2D eigenvalue weighted by molar-refractivity contribution is -0.167. The lowest BCUT2D eigenvalue weighted by Gasteiger charge is -2.18. The SMILES string of the molecule is CCCCCCC/C=C\C/C=C\C/C=C\CCCCCCCCCCC(=O)OCC(COC(=O)CCCCCCC/C=C\CCCCCCCC)OC(=O)CCCCCCCCC/C=C\CCCCCCCC. The van der Waals surface area contributed by atoms with Gasteiger partial charge in [-0.15, -0.1) is 0 Å². The van der Waals surface area contributed by atoms with Gasteiger partial charge in [0, 0.05) is 19.3 Å². The minimum Gasteiger partial charge on any atom is -0.462 e. The van der Waals surface area contributed by atoms with Crippen molar-refractivity contribution in [1.29, 1.82) is 0 Å². The average Bonchev–Trinajstić information content (AvgIpc) is 3.39. The predicted octanol–water partition coefficient (Wildman–Crippen LogP) is 21.6. The Morgan fingerprint density at radius 3 is 0.781 bits per heavy atom. The maximum atomic E-state index is 12.9. The molecule has 0 saturated heterocycles. The van der Waals surface area contributed by atoms with Gasteiger partial charge in [0.1, 0.15) is 13.2 Å². The second kappa shape index (κ2) is 61.7. The average molecular weight is 1020 g/mol. The van der Waals surface area contributed by atoms with Gasteiger partial charge in [-0.1, -0.05) is 261 Å². The molecule has 0 aromatic carbocycles. The molecule has 0 heterocycles. The van der Waals surface area contributed by atoms with Crippen LogP contribution in [0.3, 0.4) is 0 Å². The molecule has 1 atom stereocenters. The summed E-state index contributed by atoms with van der Waals surface area (Å²) in [6, 6.07) is 0. The first-order chi connectivity index (χ1) is 36.0. The third-order valence-corrected chi connectivity index (χ3v) is 14.0. The van der Waals surface area contributed by atoms with E-state index in [1.165, 1.54) is 205 Å². The fourth-order valence-electron chi connectivity index (χ4n) is 9.15. The van der Waals surface area contributed by atoms with Gasteiger partial charge in [0.05, 0.1) is 0 Å². The van der Waals surface area contributed by atoms with E-state index in [2.05, 4.69) is 81.5 Å². The first kappa shape index (κ1) is 70.1. The van der Waals surface area contributed by atoms with E-state index in [9.17, 15) is 14.4 Å². The molecule has 0 saturated carbocycles. The quantitative estimate of drug-likeness (QED) is 0.0261. The molecule has 424 valence electrons. The van der Waals surface area contributed by atoms with E-state index in [-0.39, 0.29) is 31.1 Å². The Bertz CT molecular complexity index is 1310. The number of carbonyl (C=O) groups excluding carboxylic acids is 3. The minimum atomic E-state index is -0.784. The molecule has 6 heteroatoms. The van der Waals surface area contributed by atoms with Gasteiger partial charge in [-0.05, 0) is 109 Å². The van der Waals surface area contributed by atoms with Gasteiger partial charge < -0.3 is 14.2 Å². The van der Waals surface area contributed by atoms with Gasteiger partial charge in [-0.2, -0.15) is 0 Å². The number of hydrogen-bond donors (Lipinski definition) is 0. The van der Waals surface area contributed by atoms with Crippen molar-refractivity contribution < 1.29 is 28.6 Å². The first-order valence-electron chi connectivity index (χ1n) is 31.8. The molecule has 73 heavy (non-hydrogen) atoms. The number of carbonyl (C=O) groups is 3. The normalized spacial score (nSPS) is 12.4. The summed E-state index contributed by atoms with van der Waals surface area (Å²) in [5, 5.41) is 0. The van der Waals surface area contributed by atoms with Crippen molar-refractivity contribution in [2.45, 2.75) is 335 Å². The van der Waals surface area contributed by atoms with Crippen LogP contribution in [0.15, 0.2) is 60.8 Å². The molecule has 0 fully saturated rings. The van der Waals surface area contributed by atoms with Crippen LogP contribution >= 0.6 is 0 Å². The molecule has 0 N–H and O–H groups in total. The van der Waals surface area contributed by atoms with Crippen molar-refractivity contribution in [3.63, 3.8) is 0 Å². The van der Waals surface area contributed by atoms with Crippen LogP contribution < -0.4 is 0 Å². The van der Waals surface area contributed by atoms with Crippen LogP contribution in [0.4, 0.5) is 0 Å². The smallest absolute Gasteiger partial charge is 0.306 e. The Hall–Kier alpha value is -2.89. The second-order valence-electron chi connectivity index (χ2n) is 21.3. The van der Waals surface area contributed by atoms with E-state index in [1.807, 2.05) is 0 Å². The number of rotatable bonds is 58. The molecule has 0 aliphatic heterocycles. The highest BCUT2D eigenvalue weighted by molar-refractivity contribution is 5.71. The maximum absolute atomic E-state index is 12.9. The van der Waals surface area contributed by atoms with Crippen LogP contribution in [0.5, 0.6) is 0 Å². The van der Waals surface area contributed by atoms with E-state index in [0.29, 0.717) is 19.3 Å². The third-order valence-electron chi connectivity index (χ3n) is 14.0. The van der Waals surface area contributed by atoms with Gasteiger partial charge >= 0.3 is 17.9 Å². The maximum Gasteiger partial charge on any atom is 0.306 e. The van der Waals surface area contributed by atoms with Crippen LogP contribution in [0.25, 0.3) is 0 Å². The molecule has 0 radical (unpaired) electrons. The highest BCUT2D eigenvalue weighted by Gasteiger charge is 2.19. The Morgan fingerprint density at radius 2 is 0.493 bits per heavy atom. The largest absolute Gasteiger partial charge is 0.462 e. The lowest BCUT2D eigenvalue weighted by Crippen LogP contribution is -2.30. The summed E-state index contributed by atoms with van der Waals surface area (Å²) in [6.45, 7) is 6.64. The number of hydrogen-bond acceptors (Lipinski definition) is 6. The van der Waals surface area contributed by atoms with Crippen LogP contribution in [0, 0.1) is 0 Å². The van der Waals surface area contributed by atoms with E-state index in [4.69, 9.17) is 14.2 Å². The highest BCUT2D eigenvalue weighted by atomic mass is 16.6. The molecule has 6 nitrogen and oxygen atoms in total. The van der Waals surface area contributed by atoms with E-state index < -0.39 is 6.10 Å². The summed E-state index contributed by atoms with van der Waals surface area (Å²) in [6.07, 6.45) is 77.9. The van der Waals surface area contributed by atoms with Crippen molar-refractivity contribution in [3.8, 4) is 0 Å². The second-order valence-corrected chi connectivity index (χ2v) is 21.3. The van der Waals surface area contributed by atoms with Crippen LogP contribution in [0.2, 0.25) is 0 Å². The monoisotopic (exact) mass is 1020 g/mol. The standard InChI is InChI=1S/C67H120O6/c1-4-7-10-13-16-19-22-25-28-30-31-32-33-34-35-37-39-42-45-48-51-54-57-60-66(69)72-63-64(62-71-65(68)59-56-53-50-47-44-41-38-27-24-21-18-15-12-9-6-3)73-67(70)61-58-55-52-49-46-43-40-36-29-26-23-20-17-14-11-8-5-2/h22,25-27,29-31,33-34,38,64H,4-21,23-24,28,32,35-37,39-63H2,1-3H3/b25-22-,29-26-,31-30-,34-33-,38-27-. The van der Waals surface area contributed by atoms with Crippen molar-refractivity contribution in [2.24, 2.45) is 0 Å². The number of ether oxygens (including phenoxy) is 3. The number of unbranched alkanes of at least 4 members (excludes halogenated alkanes) is 37. The third kappa shape index (κ3) is 59.9. The van der Waals surface area contributed by atoms with Crippen LogP contribution in [-0.2, 0) is 28.6 Å². The zero-order chi connectivity index (χ0) is 52.9. The van der Waals surface area contributed by atoms with Gasteiger partial charge in [0.25, 0.3) is 0 Å². The molecular formula is C67H120O6. The van der Waals surface area contributed by atoms with Gasteiger partial charge in [-0.3, -0.25) is 14.4 Å². The molecule has 0 rings (SSSR count). The van der Waals surface area contributed by atoms with Crippen molar-refractivity contribution in [1.82, 2.24) is 0 Å². The Labute approximate surface area is 453 Å². The molecule has 0 aliphatic carbocycles. The Morgan fingerprint density at radius 1 is 0.274 bits per heavy atom. The highest BCUT2D eigenvalue weighted by Crippen LogP contribution is 2.16. The Balaban J connectivity index is 4.36. The van der Waals surface area contributed by atoms with Crippen LogP contribution in [0.1, 0.15) is 329 Å². The molecule has 0 aliphatic rings. The molecule has 0 bridgehead atoms. The molecular weight excluding hydrogens is 901 g/mol. The van der Waals surface area contributed by atoms with E-state index in [0.717, 1.165) is 83.5 Å². The van der Waals surface area contributed by atoms with Gasteiger partial charge in [0.2, 0.25) is 0 Å². The molecule has 0 aromatic heterocycles. The summed E-state index contributed by atoms with van der Waals surface area (Å²) in [5.41, 5.74) is 0. The van der Waals surface area contributed by atoms with E-state index in [1.54, 1.807) is 0 Å². The summed E-state index contributed by atoms with van der Waals surface area (Å²) in [7, 11) is 0. The molecule has 0 spiro atoms. The molecule has 0 amide bonds. The summed E-state index contributed by atoms with van der Waals surface area (Å²) < 4.78 is 16.9. The first-order valence-corrected chi connectivity index (χ1v) is 31.8. The summed E-state index contributed by atoms with van der Waals surface area (Å²) in [5.74, 6) is -0.885. The fourth-order valence-corrected chi connectivity index (χ4v) is 9.15. The number of esters is 3. The summed E-state index contributed by atoms with van der Waals surface area (Å²) >= 11 is 0. The van der Waals surface area contributed by atoms with Gasteiger partial charge in [0.15, 0.2) is 6.10 Å². The topological polar surface area (TPSA) is 78.9 Å². The predicted molar refractivity (Wildman–Crippen MR) is 316 cm³/mol. The van der Waals surface area contributed by atoms with Crippen molar-refractivity contribution in [3.05, 3.63) is 60.8 Å². The molecule has 1 unspecified atom stereocenters. The number of allylic oxidation sites excluding steroid dienone is 10.